The number of hydrogen-bond donors (Lipinski definition) is 0. The maximum atomic E-state index is 10.5. The van der Waals surface area contributed by atoms with Gasteiger partial charge in [0.2, 0.25) is 0 Å². The summed E-state index contributed by atoms with van der Waals surface area (Å²) in [6, 6.07) is 0. The molecule has 14 heavy (non-hydrogen) atoms. The first-order valence-corrected chi connectivity index (χ1v) is 5.40. The van der Waals surface area contributed by atoms with Gasteiger partial charge in [-0.05, 0) is 12.8 Å². The summed E-state index contributed by atoms with van der Waals surface area (Å²) in [4.78, 5) is 20.6. The van der Waals surface area contributed by atoms with E-state index in [0.717, 1.165) is 19.0 Å². The second-order valence-corrected chi connectivity index (χ2v) is 3.48. The van der Waals surface area contributed by atoms with Crippen LogP contribution in [0.3, 0.4) is 0 Å². The van der Waals surface area contributed by atoms with E-state index in [1.165, 1.54) is 25.7 Å². The average molecular weight is 196 g/mol. The molecule has 0 spiro atoms. The van der Waals surface area contributed by atoms with Gasteiger partial charge in [-0.15, -0.1) is 0 Å². The Kier molecular flexibility index (Phi) is 9.49. The van der Waals surface area contributed by atoms with Gasteiger partial charge >= 0.3 is 0 Å². The quantitative estimate of drug-likeness (QED) is 0.323. The largest absolute Gasteiger partial charge is 0.303 e. The Morgan fingerprint density at radius 1 is 1.14 bits per heavy atom. The summed E-state index contributed by atoms with van der Waals surface area (Å²) in [5.74, 6) is -0.210. The van der Waals surface area contributed by atoms with Crippen molar-refractivity contribution in [2.75, 3.05) is 0 Å². The molecule has 0 rings (SSSR count). The molecular weight excluding hydrogens is 176 g/mol. The smallest absolute Gasteiger partial charge is 0.127 e. The maximum absolute atomic E-state index is 10.5. The van der Waals surface area contributed by atoms with E-state index in [0.29, 0.717) is 6.42 Å². The zero-order valence-electron chi connectivity index (χ0n) is 8.95. The molecule has 0 N–H and O–H groups in total. The summed E-state index contributed by atoms with van der Waals surface area (Å²) in [6.45, 7) is 2.18. The Hall–Kier alpha value is -0.920. The molecule has 0 aromatic heterocycles. The SMILES string of the molecule is CCCCCCC=CC(C=O)CC=O. The maximum Gasteiger partial charge on any atom is 0.127 e. The van der Waals surface area contributed by atoms with Crippen LogP contribution in [0.4, 0.5) is 0 Å². The van der Waals surface area contributed by atoms with Crippen molar-refractivity contribution < 1.29 is 9.59 Å². The first-order valence-electron chi connectivity index (χ1n) is 5.40. The van der Waals surface area contributed by atoms with Crippen molar-refractivity contribution in [1.29, 1.82) is 0 Å². The summed E-state index contributed by atoms with van der Waals surface area (Å²) in [5, 5.41) is 0. The molecule has 0 aliphatic rings. The van der Waals surface area contributed by atoms with E-state index in [9.17, 15) is 9.59 Å². The topological polar surface area (TPSA) is 34.1 Å². The minimum absolute atomic E-state index is 0.210. The van der Waals surface area contributed by atoms with Crippen LogP contribution in [-0.2, 0) is 9.59 Å². The van der Waals surface area contributed by atoms with Crippen LogP contribution in [0, 0.1) is 5.92 Å². The van der Waals surface area contributed by atoms with E-state index in [1.807, 2.05) is 12.2 Å². The lowest BCUT2D eigenvalue weighted by atomic mass is 10.1. The summed E-state index contributed by atoms with van der Waals surface area (Å²) in [5.41, 5.74) is 0. The molecule has 0 radical (unpaired) electrons. The van der Waals surface area contributed by atoms with Crippen molar-refractivity contribution >= 4 is 12.6 Å². The number of hydrogen-bond acceptors (Lipinski definition) is 2. The lowest BCUT2D eigenvalue weighted by molar-refractivity contribution is -0.114. The van der Waals surface area contributed by atoms with Crippen LogP contribution >= 0.6 is 0 Å². The molecule has 0 aromatic carbocycles. The summed E-state index contributed by atoms with van der Waals surface area (Å²) in [7, 11) is 0. The van der Waals surface area contributed by atoms with E-state index in [-0.39, 0.29) is 5.92 Å². The highest BCUT2D eigenvalue weighted by Crippen LogP contribution is 2.05. The first-order chi connectivity index (χ1) is 6.85. The molecule has 0 aliphatic carbocycles. The highest BCUT2D eigenvalue weighted by Gasteiger charge is 1.99. The molecule has 0 amide bonds. The van der Waals surface area contributed by atoms with Gasteiger partial charge in [0.25, 0.3) is 0 Å². The average Bonchev–Trinajstić information content (AvgIpc) is 2.21. The van der Waals surface area contributed by atoms with Gasteiger partial charge in [-0.1, -0.05) is 38.3 Å². The second-order valence-electron chi connectivity index (χ2n) is 3.48. The van der Waals surface area contributed by atoms with Crippen molar-refractivity contribution in [2.24, 2.45) is 5.92 Å². The molecule has 0 aliphatic heterocycles. The predicted molar refractivity (Wildman–Crippen MR) is 58.1 cm³/mol. The van der Waals surface area contributed by atoms with Gasteiger partial charge in [-0.3, -0.25) is 0 Å². The Labute approximate surface area is 86.4 Å². The van der Waals surface area contributed by atoms with Gasteiger partial charge in [0.1, 0.15) is 12.6 Å². The number of carbonyl (C=O) groups is 2. The van der Waals surface area contributed by atoms with Crippen LogP contribution in [0.15, 0.2) is 12.2 Å². The Bertz CT molecular complexity index is 173. The van der Waals surface area contributed by atoms with E-state index >= 15 is 0 Å². The Balaban J connectivity index is 3.48. The van der Waals surface area contributed by atoms with Gasteiger partial charge in [0, 0.05) is 12.3 Å². The van der Waals surface area contributed by atoms with Gasteiger partial charge in [0.15, 0.2) is 0 Å². The summed E-state index contributed by atoms with van der Waals surface area (Å²) < 4.78 is 0. The Morgan fingerprint density at radius 2 is 1.93 bits per heavy atom. The molecule has 0 aromatic rings. The molecule has 80 valence electrons. The van der Waals surface area contributed by atoms with Crippen molar-refractivity contribution in [3.05, 3.63) is 12.2 Å². The first kappa shape index (κ1) is 13.1. The molecule has 1 atom stereocenters. The highest BCUT2D eigenvalue weighted by molar-refractivity contribution is 5.64. The van der Waals surface area contributed by atoms with Crippen LogP contribution in [0.25, 0.3) is 0 Å². The van der Waals surface area contributed by atoms with Crippen LogP contribution < -0.4 is 0 Å². The van der Waals surface area contributed by atoms with Gasteiger partial charge < -0.3 is 9.59 Å². The van der Waals surface area contributed by atoms with Crippen LogP contribution in [0.5, 0.6) is 0 Å². The zero-order chi connectivity index (χ0) is 10.6. The molecule has 0 heterocycles. The second kappa shape index (κ2) is 10.2. The van der Waals surface area contributed by atoms with E-state index in [2.05, 4.69) is 6.92 Å². The van der Waals surface area contributed by atoms with Crippen molar-refractivity contribution in [2.45, 2.75) is 45.4 Å². The molecule has 1 unspecified atom stereocenters. The van der Waals surface area contributed by atoms with Gasteiger partial charge in [-0.25, -0.2) is 0 Å². The standard InChI is InChI=1S/C12H20O2/c1-2-3-4-5-6-7-8-12(11-14)9-10-13/h7-8,10-12H,2-6,9H2,1H3. The molecular formula is C12H20O2. The number of unbranched alkanes of at least 4 members (excludes halogenated alkanes) is 4. The van der Waals surface area contributed by atoms with Crippen molar-refractivity contribution in [3.8, 4) is 0 Å². The molecule has 0 fully saturated rings. The Morgan fingerprint density at radius 3 is 2.50 bits per heavy atom. The minimum atomic E-state index is -0.210. The molecule has 2 nitrogen and oxygen atoms in total. The lowest BCUT2D eigenvalue weighted by Crippen LogP contribution is -1.97. The number of carbonyl (C=O) groups excluding carboxylic acids is 2. The lowest BCUT2D eigenvalue weighted by Gasteiger charge is -1.98. The fraction of sp³-hybridized carbons (Fsp3) is 0.667. The van der Waals surface area contributed by atoms with Crippen LogP contribution in [0.1, 0.15) is 45.4 Å². The summed E-state index contributed by atoms with van der Waals surface area (Å²) >= 11 is 0. The molecule has 2 heteroatoms. The third kappa shape index (κ3) is 7.71. The number of allylic oxidation sites excluding steroid dienone is 2. The van der Waals surface area contributed by atoms with E-state index in [1.54, 1.807) is 0 Å². The fourth-order valence-corrected chi connectivity index (χ4v) is 1.25. The van der Waals surface area contributed by atoms with Crippen molar-refractivity contribution in [3.63, 3.8) is 0 Å². The molecule has 0 bridgehead atoms. The fourth-order valence-electron chi connectivity index (χ4n) is 1.25. The third-order valence-corrected chi connectivity index (χ3v) is 2.15. The van der Waals surface area contributed by atoms with Crippen LogP contribution in [0.2, 0.25) is 0 Å². The van der Waals surface area contributed by atoms with E-state index in [4.69, 9.17) is 0 Å². The monoisotopic (exact) mass is 196 g/mol. The van der Waals surface area contributed by atoms with Crippen LogP contribution in [-0.4, -0.2) is 12.6 Å². The number of rotatable bonds is 9. The number of aldehydes is 2. The van der Waals surface area contributed by atoms with E-state index < -0.39 is 0 Å². The normalized spacial score (nSPS) is 12.9. The summed E-state index contributed by atoms with van der Waals surface area (Å²) in [6.07, 6.45) is 11.8. The zero-order valence-corrected chi connectivity index (χ0v) is 8.95. The predicted octanol–water partition coefficient (Wildman–Crippen LogP) is 2.92. The van der Waals surface area contributed by atoms with Gasteiger partial charge in [-0.2, -0.15) is 0 Å². The van der Waals surface area contributed by atoms with Gasteiger partial charge in [0.05, 0.1) is 0 Å². The van der Waals surface area contributed by atoms with Crippen molar-refractivity contribution in [1.82, 2.24) is 0 Å². The molecule has 0 saturated carbocycles. The molecule has 0 saturated heterocycles. The minimum Gasteiger partial charge on any atom is -0.303 e. The highest BCUT2D eigenvalue weighted by atomic mass is 16.1. The third-order valence-electron chi connectivity index (χ3n) is 2.15.